The van der Waals surface area contributed by atoms with Crippen molar-refractivity contribution in [3.63, 3.8) is 0 Å². The van der Waals surface area contributed by atoms with Crippen molar-refractivity contribution < 1.29 is 0 Å². The van der Waals surface area contributed by atoms with Gasteiger partial charge in [0.2, 0.25) is 0 Å². The van der Waals surface area contributed by atoms with Gasteiger partial charge in [0.15, 0.2) is 0 Å². The first kappa shape index (κ1) is 16.6. The number of rotatable bonds is 5. The van der Waals surface area contributed by atoms with Gasteiger partial charge in [0.05, 0.1) is 0 Å². The minimum atomic E-state index is 0.110. The normalized spacial score (nSPS) is 12.4. The molecule has 0 radical (unpaired) electrons. The van der Waals surface area contributed by atoms with Crippen LogP contribution in [0.5, 0.6) is 0 Å². The molecule has 0 aliphatic rings. The highest BCUT2D eigenvalue weighted by molar-refractivity contribution is 6.33. The lowest BCUT2D eigenvalue weighted by Gasteiger charge is -2.21. The van der Waals surface area contributed by atoms with E-state index >= 15 is 0 Å². The molecule has 0 bridgehead atoms. The molecule has 2 rings (SSSR count). The first-order chi connectivity index (χ1) is 10.0. The Kier molecular flexibility index (Phi) is 5.95. The third-order valence-electron chi connectivity index (χ3n) is 3.41. The zero-order chi connectivity index (χ0) is 15.4. The second-order valence-electron chi connectivity index (χ2n) is 5.08. The van der Waals surface area contributed by atoms with Gasteiger partial charge in [-0.3, -0.25) is 0 Å². The van der Waals surface area contributed by atoms with Crippen LogP contribution in [0.4, 0.5) is 0 Å². The van der Waals surface area contributed by atoms with Crippen molar-refractivity contribution in [3.8, 4) is 0 Å². The third kappa shape index (κ3) is 4.37. The Labute approximate surface area is 141 Å². The number of halogens is 3. The molecule has 1 atom stereocenters. The lowest BCUT2D eigenvalue weighted by atomic mass is 9.97. The van der Waals surface area contributed by atoms with Crippen molar-refractivity contribution >= 4 is 34.8 Å². The van der Waals surface area contributed by atoms with Crippen molar-refractivity contribution in [2.75, 3.05) is 6.54 Å². The van der Waals surface area contributed by atoms with E-state index < -0.39 is 0 Å². The molecule has 0 saturated carbocycles. The number of nitrogens with one attached hydrogen (secondary N) is 1. The molecule has 0 aromatic heterocycles. The smallest absolute Gasteiger partial charge is 0.0456 e. The highest BCUT2D eigenvalue weighted by Gasteiger charge is 2.16. The van der Waals surface area contributed by atoms with Crippen LogP contribution >= 0.6 is 34.8 Å². The van der Waals surface area contributed by atoms with Gasteiger partial charge in [0.25, 0.3) is 0 Å². The number of likely N-dealkylation sites (N-methyl/N-ethyl adjacent to an activating group) is 1. The molecule has 0 fully saturated rings. The fraction of sp³-hybridized carbons (Fsp3) is 0.294. The molecule has 0 amide bonds. The Morgan fingerprint density at radius 1 is 1.00 bits per heavy atom. The van der Waals surface area contributed by atoms with E-state index in [-0.39, 0.29) is 6.04 Å². The van der Waals surface area contributed by atoms with Crippen LogP contribution in [0, 0.1) is 6.92 Å². The van der Waals surface area contributed by atoms with E-state index in [0.29, 0.717) is 5.02 Å². The summed E-state index contributed by atoms with van der Waals surface area (Å²) in [6.07, 6.45) is 0.746. The van der Waals surface area contributed by atoms with Gasteiger partial charge < -0.3 is 5.32 Å². The Balaban J connectivity index is 2.32. The van der Waals surface area contributed by atoms with Gasteiger partial charge in [-0.25, -0.2) is 0 Å². The van der Waals surface area contributed by atoms with Gasteiger partial charge in [-0.1, -0.05) is 53.9 Å². The molecule has 0 spiro atoms. The predicted molar refractivity (Wildman–Crippen MR) is 92.8 cm³/mol. The summed E-state index contributed by atoms with van der Waals surface area (Å²) in [5, 5.41) is 5.67. The maximum Gasteiger partial charge on any atom is 0.0456 e. The molecule has 0 aliphatic carbocycles. The second-order valence-corrected chi connectivity index (χ2v) is 6.33. The van der Waals surface area contributed by atoms with Crippen LogP contribution in [0.15, 0.2) is 36.4 Å². The summed E-state index contributed by atoms with van der Waals surface area (Å²) < 4.78 is 0. The van der Waals surface area contributed by atoms with E-state index in [1.165, 1.54) is 0 Å². The maximum atomic E-state index is 6.40. The Morgan fingerprint density at radius 2 is 1.76 bits per heavy atom. The van der Waals surface area contributed by atoms with Crippen molar-refractivity contribution in [1.82, 2.24) is 5.32 Å². The summed E-state index contributed by atoms with van der Waals surface area (Å²) in [5.41, 5.74) is 3.26. The number of hydrogen-bond donors (Lipinski definition) is 1. The number of aryl methyl sites for hydroxylation is 1. The molecule has 4 heteroatoms. The minimum absolute atomic E-state index is 0.110. The van der Waals surface area contributed by atoms with E-state index in [4.69, 9.17) is 34.8 Å². The zero-order valence-electron chi connectivity index (χ0n) is 12.1. The lowest BCUT2D eigenvalue weighted by molar-refractivity contribution is 0.550. The molecule has 1 unspecified atom stereocenters. The van der Waals surface area contributed by atoms with E-state index in [1.54, 1.807) is 6.07 Å². The molecule has 2 aromatic rings. The van der Waals surface area contributed by atoms with Crippen molar-refractivity contribution in [1.29, 1.82) is 0 Å². The average Bonchev–Trinajstić information content (AvgIpc) is 2.42. The summed E-state index contributed by atoms with van der Waals surface area (Å²) in [4.78, 5) is 0. The van der Waals surface area contributed by atoms with Gasteiger partial charge in [0, 0.05) is 21.1 Å². The second kappa shape index (κ2) is 7.51. The van der Waals surface area contributed by atoms with E-state index in [1.807, 2.05) is 25.1 Å². The van der Waals surface area contributed by atoms with E-state index in [9.17, 15) is 0 Å². The summed E-state index contributed by atoms with van der Waals surface area (Å²) >= 11 is 18.7. The molecule has 1 N–H and O–H groups in total. The van der Waals surface area contributed by atoms with Crippen molar-refractivity contribution in [2.24, 2.45) is 0 Å². The van der Waals surface area contributed by atoms with E-state index in [2.05, 4.69) is 24.4 Å². The van der Waals surface area contributed by atoms with Crippen LogP contribution in [-0.4, -0.2) is 6.54 Å². The van der Waals surface area contributed by atoms with Crippen LogP contribution in [-0.2, 0) is 6.42 Å². The zero-order valence-corrected chi connectivity index (χ0v) is 14.4. The Morgan fingerprint density at radius 3 is 2.43 bits per heavy atom. The molecule has 0 aliphatic heterocycles. The van der Waals surface area contributed by atoms with Crippen LogP contribution < -0.4 is 5.32 Å². The third-order valence-corrected chi connectivity index (χ3v) is 4.34. The quantitative estimate of drug-likeness (QED) is 0.719. The molecule has 1 nitrogen and oxygen atoms in total. The first-order valence-corrected chi connectivity index (χ1v) is 8.08. The Bertz CT molecular complexity index is 625. The molecule has 0 heterocycles. The molecular formula is C17H18Cl3N. The van der Waals surface area contributed by atoms with Crippen LogP contribution in [0.25, 0.3) is 0 Å². The summed E-state index contributed by atoms with van der Waals surface area (Å²) in [7, 11) is 0. The molecule has 21 heavy (non-hydrogen) atoms. The topological polar surface area (TPSA) is 12.0 Å². The molecule has 2 aromatic carbocycles. The van der Waals surface area contributed by atoms with Gasteiger partial charge in [-0.15, -0.1) is 0 Å². The number of benzene rings is 2. The Hall–Kier alpha value is -0.730. The SMILES string of the molecule is CCNC(Cc1cc(Cl)ccc1Cl)c1ccc(C)cc1Cl. The van der Waals surface area contributed by atoms with Gasteiger partial charge in [-0.05, 0) is 60.8 Å². The van der Waals surface area contributed by atoms with Gasteiger partial charge in [0.1, 0.15) is 0 Å². The molecule has 112 valence electrons. The van der Waals surface area contributed by atoms with E-state index in [0.717, 1.165) is 39.7 Å². The summed E-state index contributed by atoms with van der Waals surface area (Å²) in [5.74, 6) is 0. The summed E-state index contributed by atoms with van der Waals surface area (Å²) in [6.45, 7) is 4.97. The van der Waals surface area contributed by atoms with Crippen molar-refractivity contribution in [2.45, 2.75) is 26.3 Å². The van der Waals surface area contributed by atoms with Crippen molar-refractivity contribution in [3.05, 3.63) is 68.2 Å². The van der Waals surface area contributed by atoms with Crippen LogP contribution in [0.1, 0.15) is 29.7 Å². The van der Waals surface area contributed by atoms with Gasteiger partial charge >= 0.3 is 0 Å². The molecular weight excluding hydrogens is 325 g/mol. The highest BCUT2D eigenvalue weighted by Crippen LogP contribution is 2.30. The monoisotopic (exact) mass is 341 g/mol. The largest absolute Gasteiger partial charge is 0.310 e. The number of hydrogen-bond acceptors (Lipinski definition) is 1. The summed E-state index contributed by atoms with van der Waals surface area (Å²) in [6, 6.07) is 11.8. The van der Waals surface area contributed by atoms with Crippen LogP contribution in [0.3, 0.4) is 0 Å². The van der Waals surface area contributed by atoms with Crippen LogP contribution in [0.2, 0.25) is 15.1 Å². The minimum Gasteiger partial charge on any atom is -0.310 e. The predicted octanol–water partition coefficient (Wildman–Crippen LogP) is 5.85. The highest BCUT2D eigenvalue weighted by atomic mass is 35.5. The molecule has 0 saturated heterocycles. The lowest BCUT2D eigenvalue weighted by Crippen LogP contribution is -2.23. The maximum absolute atomic E-state index is 6.40. The fourth-order valence-electron chi connectivity index (χ4n) is 2.37. The standard InChI is InChI=1S/C17H18Cl3N/c1-3-21-17(14-6-4-11(2)8-16(14)20)10-12-9-13(18)5-7-15(12)19/h4-9,17,21H,3,10H2,1-2H3. The fourth-order valence-corrected chi connectivity index (χ4v) is 3.13. The first-order valence-electron chi connectivity index (χ1n) is 6.94. The average molecular weight is 343 g/mol. The van der Waals surface area contributed by atoms with Gasteiger partial charge in [-0.2, -0.15) is 0 Å².